The number of hydrazone groups is 1. The third-order valence-corrected chi connectivity index (χ3v) is 5.88. The first-order valence-corrected chi connectivity index (χ1v) is 9.43. The molecule has 0 amide bonds. The summed E-state index contributed by atoms with van der Waals surface area (Å²) in [5.74, 6) is 1.25. The smallest absolute Gasteiger partial charge is 0.263 e. The Labute approximate surface area is 155 Å². The van der Waals surface area contributed by atoms with Crippen molar-refractivity contribution >= 4 is 33.7 Å². The zero-order valence-electron chi connectivity index (χ0n) is 14.8. The fourth-order valence-electron chi connectivity index (χ4n) is 3.24. The highest BCUT2D eigenvalue weighted by Gasteiger charge is 2.20. The van der Waals surface area contributed by atoms with E-state index in [4.69, 9.17) is 4.74 Å². The van der Waals surface area contributed by atoms with Gasteiger partial charge in [-0.3, -0.25) is 9.36 Å². The lowest BCUT2D eigenvalue weighted by atomic mass is 9.97. The predicted octanol–water partition coefficient (Wildman–Crippen LogP) is 3.33. The minimum Gasteiger partial charge on any atom is -0.497 e. The van der Waals surface area contributed by atoms with E-state index in [0.717, 1.165) is 40.8 Å². The van der Waals surface area contributed by atoms with E-state index in [0.29, 0.717) is 5.95 Å². The van der Waals surface area contributed by atoms with Gasteiger partial charge >= 0.3 is 0 Å². The van der Waals surface area contributed by atoms with Crippen molar-refractivity contribution in [2.24, 2.45) is 12.1 Å². The van der Waals surface area contributed by atoms with Crippen molar-refractivity contribution in [2.45, 2.75) is 25.7 Å². The van der Waals surface area contributed by atoms with Crippen LogP contribution in [0.5, 0.6) is 5.75 Å². The van der Waals surface area contributed by atoms with Crippen molar-refractivity contribution in [3.63, 3.8) is 0 Å². The number of rotatable bonds is 4. The molecule has 0 unspecified atom stereocenters. The van der Waals surface area contributed by atoms with E-state index >= 15 is 0 Å². The van der Waals surface area contributed by atoms with Gasteiger partial charge in [-0.2, -0.15) is 5.10 Å². The van der Waals surface area contributed by atoms with Crippen molar-refractivity contribution in [2.75, 3.05) is 12.5 Å². The van der Waals surface area contributed by atoms with Gasteiger partial charge in [0.05, 0.1) is 18.7 Å². The van der Waals surface area contributed by atoms with E-state index in [1.165, 1.54) is 21.4 Å². The number of aryl methyl sites for hydroxylation is 2. The summed E-state index contributed by atoms with van der Waals surface area (Å²) in [6.07, 6.45) is 6.06. The Morgan fingerprint density at radius 2 is 2.04 bits per heavy atom. The van der Waals surface area contributed by atoms with Crippen molar-refractivity contribution in [3.8, 4) is 5.75 Å². The van der Waals surface area contributed by atoms with Crippen LogP contribution in [-0.2, 0) is 19.9 Å². The average Bonchev–Trinajstić information content (AvgIpc) is 3.04. The lowest BCUT2D eigenvalue weighted by Gasteiger charge is -2.10. The van der Waals surface area contributed by atoms with Gasteiger partial charge in [0.2, 0.25) is 5.95 Å². The summed E-state index contributed by atoms with van der Waals surface area (Å²) < 4.78 is 6.68. The summed E-state index contributed by atoms with van der Waals surface area (Å²) in [6, 6.07) is 7.56. The lowest BCUT2D eigenvalue weighted by molar-refractivity contribution is 0.415. The van der Waals surface area contributed by atoms with Crippen LogP contribution in [0.4, 0.5) is 5.95 Å². The fourth-order valence-corrected chi connectivity index (χ4v) is 4.49. The van der Waals surface area contributed by atoms with E-state index in [2.05, 4.69) is 15.5 Å². The molecule has 26 heavy (non-hydrogen) atoms. The molecule has 0 spiro atoms. The molecule has 134 valence electrons. The molecule has 6 nitrogen and oxygen atoms in total. The maximum atomic E-state index is 12.8. The van der Waals surface area contributed by atoms with Crippen LogP contribution >= 0.6 is 11.3 Å². The van der Waals surface area contributed by atoms with Crippen LogP contribution in [0, 0.1) is 0 Å². The number of ether oxygens (including phenoxy) is 1. The highest BCUT2D eigenvalue weighted by Crippen LogP contribution is 2.34. The highest BCUT2D eigenvalue weighted by atomic mass is 32.1. The van der Waals surface area contributed by atoms with Gasteiger partial charge < -0.3 is 4.74 Å². The van der Waals surface area contributed by atoms with Gasteiger partial charge in [0, 0.05) is 11.9 Å². The van der Waals surface area contributed by atoms with E-state index in [-0.39, 0.29) is 5.56 Å². The second-order valence-electron chi connectivity index (χ2n) is 6.33. The molecule has 1 aliphatic carbocycles. The Kier molecular flexibility index (Phi) is 4.46. The van der Waals surface area contributed by atoms with Gasteiger partial charge in [0.25, 0.3) is 5.56 Å². The quantitative estimate of drug-likeness (QED) is 0.567. The van der Waals surface area contributed by atoms with Crippen molar-refractivity contribution in [1.29, 1.82) is 0 Å². The molecule has 1 aliphatic rings. The largest absolute Gasteiger partial charge is 0.497 e. The number of aromatic nitrogens is 2. The van der Waals surface area contributed by atoms with Crippen LogP contribution in [0.25, 0.3) is 10.2 Å². The Balaban J connectivity index is 1.63. The summed E-state index contributed by atoms with van der Waals surface area (Å²) in [5.41, 5.74) is 5.03. The van der Waals surface area contributed by atoms with Gasteiger partial charge in [0.15, 0.2) is 0 Å². The molecule has 3 aromatic rings. The zero-order chi connectivity index (χ0) is 18.1. The third-order valence-electron chi connectivity index (χ3n) is 4.69. The molecule has 4 rings (SSSR count). The van der Waals surface area contributed by atoms with E-state index in [1.807, 2.05) is 24.3 Å². The second kappa shape index (κ2) is 6.92. The fraction of sp³-hybridized carbons (Fsp3) is 0.316. The molecule has 0 aliphatic heterocycles. The highest BCUT2D eigenvalue weighted by molar-refractivity contribution is 7.18. The van der Waals surface area contributed by atoms with Gasteiger partial charge in [-0.25, -0.2) is 10.4 Å². The number of fused-ring (bicyclic) bond motifs is 3. The average molecular weight is 368 g/mol. The van der Waals surface area contributed by atoms with Gasteiger partial charge in [-0.1, -0.05) is 0 Å². The molecule has 0 bridgehead atoms. The minimum atomic E-state index is -0.00320. The number of thiophene rings is 1. The van der Waals surface area contributed by atoms with E-state index in [9.17, 15) is 4.79 Å². The van der Waals surface area contributed by atoms with Crippen molar-refractivity contribution in [1.82, 2.24) is 9.55 Å². The molecule has 0 radical (unpaired) electrons. The summed E-state index contributed by atoms with van der Waals surface area (Å²) in [7, 11) is 3.36. The van der Waals surface area contributed by atoms with Crippen LogP contribution in [0.2, 0.25) is 0 Å². The lowest BCUT2D eigenvalue weighted by Crippen LogP contribution is -2.21. The molecular weight excluding hydrogens is 348 g/mol. The first-order chi connectivity index (χ1) is 12.7. The number of methoxy groups -OCH3 is 1. The molecule has 0 saturated heterocycles. The van der Waals surface area contributed by atoms with Crippen LogP contribution in [0.3, 0.4) is 0 Å². The zero-order valence-corrected chi connectivity index (χ0v) is 15.6. The molecule has 2 aromatic heterocycles. The first kappa shape index (κ1) is 16.8. The summed E-state index contributed by atoms with van der Waals surface area (Å²) >= 11 is 1.64. The van der Waals surface area contributed by atoms with Crippen LogP contribution in [0.15, 0.2) is 34.2 Å². The molecular formula is C19H20N4O2S. The standard InChI is InChI=1S/C19H20N4O2S/c1-23-18(24)16-14-5-3-4-6-15(14)26-17(16)21-19(23)22-20-11-12-7-9-13(25-2)10-8-12/h7-11H,3-6H2,1-2H3,(H,21,22). The van der Waals surface area contributed by atoms with Gasteiger partial charge in [-0.15, -0.1) is 11.3 Å². The third kappa shape index (κ3) is 2.99. The van der Waals surface area contributed by atoms with Crippen molar-refractivity contribution in [3.05, 3.63) is 50.6 Å². The number of hydrogen-bond donors (Lipinski definition) is 1. The number of nitrogens with zero attached hydrogens (tertiary/aromatic N) is 3. The first-order valence-electron chi connectivity index (χ1n) is 8.62. The molecule has 2 heterocycles. The minimum absolute atomic E-state index is 0.00320. The summed E-state index contributed by atoms with van der Waals surface area (Å²) in [5, 5.41) is 5.01. The summed E-state index contributed by atoms with van der Waals surface area (Å²) in [6.45, 7) is 0. The van der Waals surface area contributed by atoms with Crippen LogP contribution < -0.4 is 15.7 Å². The molecule has 0 atom stereocenters. The predicted molar refractivity (Wildman–Crippen MR) is 106 cm³/mol. The van der Waals surface area contributed by atoms with Crippen LogP contribution in [0.1, 0.15) is 28.8 Å². The normalized spacial score (nSPS) is 13.9. The molecule has 0 fully saturated rings. The monoisotopic (exact) mass is 368 g/mol. The molecule has 1 aromatic carbocycles. The number of benzene rings is 1. The number of hydrogen-bond acceptors (Lipinski definition) is 6. The Morgan fingerprint density at radius 1 is 1.27 bits per heavy atom. The second-order valence-corrected chi connectivity index (χ2v) is 7.42. The van der Waals surface area contributed by atoms with E-state index in [1.54, 1.807) is 31.7 Å². The van der Waals surface area contributed by atoms with Gasteiger partial charge in [0.1, 0.15) is 10.6 Å². The number of anilines is 1. The van der Waals surface area contributed by atoms with Gasteiger partial charge in [-0.05, 0) is 61.1 Å². The SMILES string of the molecule is COc1ccc(C=NNc2nc3sc4c(c3c(=O)n2C)CCCC4)cc1. The Hall–Kier alpha value is -2.67. The maximum absolute atomic E-state index is 12.8. The number of nitrogens with one attached hydrogen (secondary N) is 1. The Bertz CT molecular complexity index is 1030. The molecule has 1 N–H and O–H groups in total. The summed E-state index contributed by atoms with van der Waals surface area (Å²) in [4.78, 5) is 19.6. The Morgan fingerprint density at radius 3 is 2.81 bits per heavy atom. The van der Waals surface area contributed by atoms with E-state index < -0.39 is 0 Å². The van der Waals surface area contributed by atoms with Crippen LogP contribution in [-0.4, -0.2) is 22.9 Å². The molecule has 7 heteroatoms. The topological polar surface area (TPSA) is 68.5 Å². The molecule has 0 saturated carbocycles. The van der Waals surface area contributed by atoms with Crippen molar-refractivity contribution < 1.29 is 4.74 Å². The maximum Gasteiger partial charge on any atom is 0.263 e.